The second-order valence-corrected chi connectivity index (χ2v) is 6.35. The highest BCUT2D eigenvalue weighted by Crippen LogP contribution is 2.31. The first-order valence-corrected chi connectivity index (χ1v) is 8.31. The Morgan fingerprint density at radius 3 is 2.84 bits per heavy atom. The second-order valence-electron chi connectivity index (χ2n) is 6.35. The number of carbonyl (C=O) groups is 1. The van der Waals surface area contributed by atoms with Crippen LogP contribution in [-0.2, 0) is 0 Å². The predicted octanol–water partition coefficient (Wildman–Crippen LogP) is 3.52. The van der Waals surface area contributed by atoms with Gasteiger partial charge in [0.25, 0.3) is 5.91 Å². The van der Waals surface area contributed by atoms with Gasteiger partial charge in [-0.25, -0.2) is 14.1 Å². The van der Waals surface area contributed by atoms with Crippen LogP contribution in [0.25, 0.3) is 11.0 Å². The number of fused-ring (bicyclic) bond motifs is 1. The van der Waals surface area contributed by atoms with Crippen LogP contribution >= 0.6 is 0 Å². The molecule has 1 amide bonds. The third-order valence-corrected chi connectivity index (χ3v) is 4.63. The molecule has 25 heavy (non-hydrogen) atoms. The molecule has 1 saturated carbocycles. The van der Waals surface area contributed by atoms with E-state index in [1.165, 1.54) is 37.2 Å². The van der Waals surface area contributed by atoms with Crippen molar-refractivity contribution in [3.8, 4) is 0 Å². The number of hydrogen-bond acceptors (Lipinski definition) is 4. The molecular formula is C18H18FN5O. The van der Waals surface area contributed by atoms with Gasteiger partial charge in [-0.15, -0.1) is 0 Å². The molecule has 0 bridgehead atoms. The summed E-state index contributed by atoms with van der Waals surface area (Å²) in [6, 6.07) is 5.98. The average Bonchev–Trinajstić information content (AvgIpc) is 3.26. The first-order valence-electron chi connectivity index (χ1n) is 8.31. The maximum atomic E-state index is 13.3. The number of benzene rings is 1. The van der Waals surface area contributed by atoms with Gasteiger partial charge in [0.1, 0.15) is 5.82 Å². The van der Waals surface area contributed by atoms with E-state index in [1.54, 1.807) is 12.3 Å². The number of amides is 1. The zero-order valence-electron chi connectivity index (χ0n) is 13.6. The highest BCUT2D eigenvalue weighted by Gasteiger charge is 2.20. The van der Waals surface area contributed by atoms with E-state index in [0.29, 0.717) is 17.3 Å². The normalized spacial score (nSPS) is 14.9. The van der Waals surface area contributed by atoms with Gasteiger partial charge in [0.15, 0.2) is 5.65 Å². The van der Waals surface area contributed by atoms with Gasteiger partial charge in [0.05, 0.1) is 29.2 Å². The smallest absolute Gasteiger partial charge is 0.257 e. The number of aromatic nitrogens is 3. The largest absolute Gasteiger partial charge is 0.397 e. The summed E-state index contributed by atoms with van der Waals surface area (Å²) in [7, 11) is 0. The highest BCUT2D eigenvalue weighted by atomic mass is 19.1. The van der Waals surface area contributed by atoms with Crippen molar-refractivity contribution in [1.29, 1.82) is 0 Å². The zero-order valence-corrected chi connectivity index (χ0v) is 13.6. The Bertz CT molecular complexity index is 946. The van der Waals surface area contributed by atoms with Gasteiger partial charge in [0.2, 0.25) is 0 Å². The van der Waals surface area contributed by atoms with Crippen molar-refractivity contribution in [2.45, 2.75) is 31.7 Å². The van der Waals surface area contributed by atoms with E-state index >= 15 is 0 Å². The van der Waals surface area contributed by atoms with Crippen molar-refractivity contribution in [3.63, 3.8) is 0 Å². The molecule has 7 heteroatoms. The Morgan fingerprint density at radius 1 is 1.24 bits per heavy atom. The number of nitrogen functional groups attached to an aromatic ring is 1. The first-order chi connectivity index (χ1) is 12.1. The van der Waals surface area contributed by atoms with Crippen LogP contribution in [0, 0.1) is 5.82 Å². The van der Waals surface area contributed by atoms with E-state index in [2.05, 4.69) is 15.4 Å². The number of rotatable bonds is 3. The quantitative estimate of drug-likeness (QED) is 0.715. The molecule has 1 aliphatic rings. The molecule has 0 saturated heterocycles. The fourth-order valence-corrected chi connectivity index (χ4v) is 3.31. The maximum absolute atomic E-state index is 13.3. The number of nitrogens with one attached hydrogen (secondary N) is 1. The van der Waals surface area contributed by atoms with Gasteiger partial charge in [-0.1, -0.05) is 12.8 Å². The van der Waals surface area contributed by atoms with Crippen LogP contribution < -0.4 is 11.1 Å². The minimum absolute atomic E-state index is 0.242. The molecule has 1 aromatic carbocycles. The molecule has 1 aliphatic carbocycles. The molecule has 6 nitrogen and oxygen atoms in total. The van der Waals surface area contributed by atoms with Crippen molar-refractivity contribution in [2.24, 2.45) is 0 Å². The Morgan fingerprint density at radius 2 is 2.04 bits per heavy atom. The monoisotopic (exact) mass is 339 g/mol. The molecule has 1 fully saturated rings. The summed E-state index contributed by atoms with van der Waals surface area (Å²) in [5.74, 6) is -0.851. The molecule has 128 valence electrons. The lowest BCUT2D eigenvalue weighted by Crippen LogP contribution is -2.14. The maximum Gasteiger partial charge on any atom is 0.257 e. The SMILES string of the molecule is Nc1ccc(F)cc1NC(=O)c1cnc2c(cnn2C2CCCC2)c1. The summed E-state index contributed by atoms with van der Waals surface area (Å²) in [5.41, 5.74) is 7.48. The van der Waals surface area contributed by atoms with E-state index in [9.17, 15) is 9.18 Å². The summed E-state index contributed by atoms with van der Waals surface area (Å²) >= 11 is 0. The fraction of sp³-hybridized carbons (Fsp3) is 0.278. The third-order valence-electron chi connectivity index (χ3n) is 4.63. The van der Waals surface area contributed by atoms with Crippen molar-refractivity contribution < 1.29 is 9.18 Å². The Balaban J connectivity index is 1.61. The molecule has 0 atom stereocenters. The van der Waals surface area contributed by atoms with Crippen molar-refractivity contribution in [3.05, 3.63) is 48.0 Å². The number of nitrogens with two attached hydrogens (primary N) is 1. The topological polar surface area (TPSA) is 85.8 Å². The zero-order chi connectivity index (χ0) is 17.4. The van der Waals surface area contributed by atoms with Gasteiger partial charge in [-0.2, -0.15) is 5.10 Å². The number of pyridine rings is 1. The summed E-state index contributed by atoms with van der Waals surface area (Å²) in [4.78, 5) is 16.9. The predicted molar refractivity (Wildman–Crippen MR) is 93.8 cm³/mol. The van der Waals surface area contributed by atoms with Crippen LogP contribution in [0.3, 0.4) is 0 Å². The van der Waals surface area contributed by atoms with Crippen LogP contribution in [0.1, 0.15) is 42.1 Å². The van der Waals surface area contributed by atoms with E-state index in [1.807, 2.05) is 4.68 Å². The molecular weight excluding hydrogens is 321 g/mol. The average molecular weight is 339 g/mol. The molecule has 3 N–H and O–H groups in total. The number of nitrogens with zero attached hydrogens (tertiary/aromatic N) is 3. The lowest BCUT2D eigenvalue weighted by molar-refractivity contribution is 0.102. The number of carbonyl (C=O) groups excluding carboxylic acids is 1. The fourth-order valence-electron chi connectivity index (χ4n) is 3.31. The third kappa shape index (κ3) is 2.93. The van der Waals surface area contributed by atoms with E-state index in [0.717, 1.165) is 23.9 Å². The summed E-state index contributed by atoms with van der Waals surface area (Å²) in [6.45, 7) is 0. The van der Waals surface area contributed by atoms with E-state index in [4.69, 9.17) is 5.73 Å². The second kappa shape index (κ2) is 6.16. The molecule has 0 aliphatic heterocycles. The molecule has 4 rings (SSSR count). The van der Waals surface area contributed by atoms with E-state index in [-0.39, 0.29) is 11.6 Å². The van der Waals surface area contributed by atoms with Crippen molar-refractivity contribution in [2.75, 3.05) is 11.1 Å². The van der Waals surface area contributed by atoms with Crippen LogP contribution in [0.4, 0.5) is 15.8 Å². The van der Waals surface area contributed by atoms with E-state index < -0.39 is 5.82 Å². The summed E-state index contributed by atoms with van der Waals surface area (Å²) in [5, 5.41) is 7.87. The van der Waals surface area contributed by atoms with Crippen LogP contribution in [-0.4, -0.2) is 20.7 Å². The van der Waals surface area contributed by atoms with Gasteiger partial charge < -0.3 is 11.1 Å². The van der Waals surface area contributed by atoms with Gasteiger partial charge in [-0.3, -0.25) is 4.79 Å². The number of hydrogen-bond donors (Lipinski definition) is 2. The minimum atomic E-state index is -0.462. The van der Waals surface area contributed by atoms with Gasteiger partial charge in [0, 0.05) is 11.6 Å². The van der Waals surface area contributed by atoms with Crippen LogP contribution in [0.2, 0.25) is 0 Å². The lowest BCUT2D eigenvalue weighted by atomic mass is 10.2. The van der Waals surface area contributed by atoms with Crippen molar-refractivity contribution >= 4 is 28.3 Å². The molecule has 3 aromatic rings. The van der Waals surface area contributed by atoms with Gasteiger partial charge in [-0.05, 0) is 37.1 Å². The molecule has 2 heterocycles. The molecule has 0 unspecified atom stereocenters. The van der Waals surface area contributed by atoms with Crippen molar-refractivity contribution in [1.82, 2.24) is 14.8 Å². The first kappa shape index (κ1) is 15.6. The minimum Gasteiger partial charge on any atom is -0.397 e. The lowest BCUT2D eigenvalue weighted by Gasteiger charge is -2.11. The number of anilines is 2. The Hall–Kier alpha value is -2.96. The highest BCUT2D eigenvalue weighted by molar-refractivity contribution is 6.06. The Kier molecular flexibility index (Phi) is 3.83. The Labute approximate surface area is 143 Å². The molecule has 2 aromatic heterocycles. The standard InChI is InChI=1S/C18H18FN5O/c19-13-5-6-15(20)16(8-13)23-18(25)12-7-11-10-22-24(17(11)21-9-12)14-3-1-2-4-14/h5-10,14H,1-4,20H2,(H,23,25). The summed E-state index contributed by atoms with van der Waals surface area (Å²) < 4.78 is 15.3. The van der Waals surface area contributed by atoms with Crippen LogP contribution in [0.15, 0.2) is 36.7 Å². The molecule has 0 spiro atoms. The summed E-state index contributed by atoms with van der Waals surface area (Å²) in [6.07, 6.45) is 7.89. The van der Waals surface area contributed by atoms with Gasteiger partial charge >= 0.3 is 0 Å². The molecule has 0 radical (unpaired) electrons. The number of halogens is 1. The van der Waals surface area contributed by atoms with Crippen LogP contribution in [0.5, 0.6) is 0 Å².